The SMILES string of the molecule is CCCCOC(C=CCCCCC(OC)OC)OC(C=CCCCCC(OC)OC)OCCCC. The monoisotopic (exact) mass is 502 g/mol. The Morgan fingerprint density at radius 1 is 0.543 bits per heavy atom. The lowest BCUT2D eigenvalue weighted by Crippen LogP contribution is -2.25. The van der Waals surface area contributed by atoms with Gasteiger partial charge in [-0.25, -0.2) is 0 Å². The van der Waals surface area contributed by atoms with Gasteiger partial charge in [0.25, 0.3) is 0 Å². The highest BCUT2D eigenvalue weighted by Gasteiger charge is 2.13. The van der Waals surface area contributed by atoms with Crippen LogP contribution >= 0.6 is 0 Å². The van der Waals surface area contributed by atoms with Gasteiger partial charge in [-0.05, 0) is 76.4 Å². The molecule has 2 atom stereocenters. The van der Waals surface area contributed by atoms with Crippen LogP contribution in [0.5, 0.6) is 0 Å². The van der Waals surface area contributed by atoms with Gasteiger partial charge in [-0.1, -0.05) is 38.8 Å². The van der Waals surface area contributed by atoms with Crippen LogP contribution < -0.4 is 0 Å². The molecule has 0 fully saturated rings. The van der Waals surface area contributed by atoms with E-state index in [1.54, 1.807) is 28.4 Å². The van der Waals surface area contributed by atoms with Crippen LogP contribution in [0, 0.1) is 0 Å². The molecule has 0 N–H and O–H groups in total. The molecule has 0 aromatic rings. The molecule has 0 amide bonds. The highest BCUT2D eigenvalue weighted by molar-refractivity contribution is 4.89. The molecule has 0 spiro atoms. The van der Waals surface area contributed by atoms with Crippen molar-refractivity contribution in [3.05, 3.63) is 24.3 Å². The van der Waals surface area contributed by atoms with Gasteiger partial charge in [0, 0.05) is 28.4 Å². The zero-order valence-corrected chi connectivity index (χ0v) is 23.4. The molecular formula is C28H54O7. The Kier molecular flexibility index (Phi) is 25.7. The molecule has 208 valence electrons. The first-order valence-electron chi connectivity index (χ1n) is 13.5. The normalized spacial score (nSPS) is 14.2. The zero-order valence-electron chi connectivity index (χ0n) is 23.4. The fraction of sp³-hybridized carbons (Fsp3) is 0.857. The van der Waals surface area contributed by atoms with Gasteiger partial charge >= 0.3 is 0 Å². The quantitative estimate of drug-likeness (QED) is 0.0735. The number of ether oxygens (including phenoxy) is 7. The van der Waals surface area contributed by atoms with E-state index in [9.17, 15) is 0 Å². The smallest absolute Gasteiger partial charge is 0.180 e. The Bertz CT molecular complexity index is 434. The molecular weight excluding hydrogens is 448 g/mol. The summed E-state index contributed by atoms with van der Waals surface area (Å²) in [5, 5.41) is 0. The van der Waals surface area contributed by atoms with Crippen LogP contribution in [0.15, 0.2) is 24.3 Å². The third-order valence-corrected chi connectivity index (χ3v) is 5.59. The van der Waals surface area contributed by atoms with Crippen molar-refractivity contribution in [3.63, 3.8) is 0 Å². The maximum Gasteiger partial charge on any atom is 0.180 e. The lowest BCUT2D eigenvalue weighted by atomic mass is 10.2. The largest absolute Gasteiger partial charge is 0.356 e. The summed E-state index contributed by atoms with van der Waals surface area (Å²) in [5.41, 5.74) is 0. The summed E-state index contributed by atoms with van der Waals surface area (Å²) in [5.74, 6) is 0. The number of allylic oxidation sites excluding steroid dienone is 2. The second-order valence-electron chi connectivity index (χ2n) is 8.55. The maximum absolute atomic E-state index is 6.20. The van der Waals surface area contributed by atoms with Gasteiger partial charge < -0.3 is 33.2 Å². The van der Waals surface area contributed by atoms with E-state index in [0.717, 1.165) is 77.0 Å². The van der Waals surface area contributed by atoms with Crippen molar-refractivity contribution in [1.29, 1.82) is 0 Å². The molecule has 0 aliphatic rings. The molecule has 0 heterocycles. The predicted molar refractivity (Wildman–Crippen MR) is 141 cm³/mol. The van der Waals surface area contributed by atoms with E-state index in [4.69, 9.17) is 33.2 Å². The summed E-state index contributed by atoms with van der Waals surface area (Å²) in [6.07, 6.45) is 19.3. The highest BCUT2D eigenvalue weighted by atomic mass is 16.8. The minimum atomic E-state index is -0.423. The minimum Gasteiger partial charge on any atom is -0.356 e. The van der Waals surface area contributed by atoms with Crippen LogP contribution in [0.1, 0.15) is 90.9 Å². The minimum absolute atomic E-state index is 0.123. The van der Waals surface area contributed by atoms with Crippen LogP contribution in [0.2, 0.25) is 0 Å². The molecule has 0 aliphatic heterocycles. The molecule has 35 heavy (non-hydrogen) atoms. The Hall–Kier alpha value is -0.800. The van der Waals surface area contributed by atoms with Gasteiger partial charge in [0.15, 0.2) is 25.2 Å². The van der Waals surface area contributed by atoms with E-state index < -0.39 is 12.6 Å². The van der Waals surface area contributed by atoms with Crippen molar-refractivity contribution in [2.24, 2.45) is 0 Å². The van der Waals surface area contributed by atoms with E-state index in [1.807, 2.05) is 12.2 Å². The molecule has 7 nitrogen and oxygen atoms in total. The molecule has 0 aliphatic carbocycles. The molecule has 0 saturated carbocycles. The van der Waals surface area contributed by atoms with Gasteiger partial charge in [0.1, 0.15) is 0 Å². The zero-order chi connectivity index (χ0) is 26.0. The van der Waals surface area contributed by atoms with Gasteiger partial charge in [0.2, 0.25) is 0 Å². The van der Waals surface area contributed by atoms with E-state index >= 15 is 0 Å². The van der Waals surface area contributed by atoms with Crippen molar-refractivity contribution in [2.75, 3.05) is 41.7 Å². The van der Waals surface area contributed by atoms with Crippen LogP contribution in [-0.4, -0.2) is 66.8 Å². The summed E-state index contributed by atoms with van der Waals surface area (Å²) < 4.78 is 39.2. The van der Waals surface area contributed by atoms with Gasteiger partial charge in [-0.3, -0.25) is 0 Å². The Labute approximate surface area is 215 Å². The van der Waals surface area contributed by atoms with Crippen molar-refractivity contribution in [1.82, 2.24) is 0 Å². The van der Waals surface area contributed by atoms with E-state index in [0.29, 0.717) is 13.2 Å². The second-order valence-corrected chi connectivity index (χ2v) is 8.55. The molecule has 0 rings (SSSR count). The molecule has 0 aromatic carbocycles. The average molecular weight is 503 g/mol. The summed E-state index contributed by atoms with van der Waals surface area (Å²) >= 11 is 0. The number of methoxy groups -OCH3 is 4. The second kappa shape index (κ2) is 26.3. The van der Waals surface area contributed by atoms with E-state index in [2.05, 4.69) is 26.0 Å². The highest BCUT2D eigenvalue weighted by Crippen LogP contribution is 2.13. The Balaban J connectivity index is 4.71. The molecule has 0 radical (unpaired) electrons. The van der Waals surface area contributed by atoms with Crippen LogP contribution in [0.3, 0.4) is 0 Å². The maximum atomic E-state index is 6.20. The van der Waals surface area contributed by atoms with Crippen molar-refractivity contribution in [2.45, 2.75) is 116 Å². The van der Waals surface area contributed by atoms with Crippen molar-refractivity contribution in [3.8, 4) is 0 Å². The fourth-order valence-corrected chi connectivity index (χ4v) is 3.33. The van der Waals surface area contributed by atoms with E-state index in [-0.39, 0.29) is 12.6 Å². The molecule has 2 unspecified atom stereocenters. The van der Waals surface area contributed by atoms with Crippen molar-refractivity contribution >= 4 is 0 Å². The lowest BCUT2D eigenvalue weighted by molar-refractivity contribution is -0.208. The predicted octanol–water partition coefficient (Wildman–Crippen LogP) is 6.76. The fourth-order valence-electron chi connectivity index (χ4n) is 3.33. The number of hydrogen-bond acceptors (Lipinski definition) is 7. The van der Waals surface area contributed by atoms with Gasteiger partial charge in [-0.2, -0.15) is 0 Å². The topological polar surface area (TPSA) is 64.6 Å². The van der Waals surface area contributed by atoms with Gasteiger partial charge in [-0.15, -0.1) is 0 Å². The lowest BCUT2D eigenvalue weighted by Gasteiger charge is -2.21. The number of unbranched alkanes of at least 4 members (excludes halogenated alkanes) is 6. The first-order valence-corrected chi connectivity index (χ1v) is 13.5. The average Bonchev–Trinajstić information content (AvgIpc) is 2.87. The molecule has 0 saturated heterocycles. The third-order valence-electron chi connectivity index (χ3n) is 5.59. The van der Waals surface area contributed by atoms with Gasteiger partial charge in [0.05, 0.1) is 13.2 Å². The summed E-state index contributed by atoms with van der Waals surface area (Å²) in [6.45, 7) is 5.65. The first-order chi connectivity index (χ1) is 17.1. The third kappa shape index (κ3) is 21.0. The Morgan fingerprint density at radius 2 is 0.943 bits per heavy atom. The van der Waals surface area contributed by atoms with Crippen LogP contribution in [-0.2, 0) is 33.2 Å². The van der Waals surface area contributed by atoms with Crippen LogP contribution in [0.25, 0.3) is 0 Å². The first kappa shape index (κ1) is 34.2. The standard InChI is InChI=1S/C28H54O7/c1-7-9-23-33-27(21-17-13-11-15-19-25(29-3)30-4)35-28(34-24-10-8-2)22-18-14-12-16-20-26(31-5)32-6/h17-18,21-22,25-28H,7-16,19-20,23-24H2,1-6H3. The summed E-state index contributed by atoms with van der Waals surface area (Å²) in [7, 11) is 6.70. The summed E-state index contributed by atoms with van der Waals surface area (Å²) in [6, 6.07) is 0. The summed E-state index contributed by atoms with van der Waals surface area (Å²) in [4.78, 5) is 0. The Morgan fingerprint density at radius 3 is 1.29 bits per heavy atom. The van der Waals surface area contributed by atoms with Crippen molar-refractivity contribution < 1.29 is 33.2 Å². The molecule has 0 aromatic heterocycles. The number of rotatable bonds is 26. The number of hydrogen-bond donors (Lipinski definition) is 0. The van der Waals surface area contributed by atoms with E-state index in [1.165, 1.54) is 0 Å². The molecule has 0 bridgehead atoms. The van der Waals surface area contributed by atoms with Crippen LogP contribution in [0.4, 0.5) is 0 Å². The molecule has 7 heteroatoms.